The molecule has 2 aromatic rings. The lowest BCUT2D eigenvalue weighted by Crippen LogP contribution is -2.23. The Morgan fingerprint density at radius 1 is 1.37 bits per heavy atom. The summed E-state index contributed by atoms with van der Waals surface area (Å²) in [6, 6.07) is 8.52. The monoisotopic (exact) mass is 278 g/mol. The highest BCUT2D eigenvalue weighted by atomic mass is 35.5. The number of nitrogens with zero attached hydrogens (tertiary/aromatic N) is 1. The molecule has 1 atom stereocenters. The minimum Gasteiger partial charge on any atom is -0.310 e. The second-order valence-electron chi connectivity index (χ2n) is 4.34. The van der Waals surface area contributed by atoms with Gasteiger partial charge in [-0.15, -0.1) is 0 Å². The Hall–Kier alpha value is -1.45. The Balaban J connectivity index is 2.24. The third-order valence-corrected chi connectivity index (χ3v) is 3.28. The van der Waals surface area contributed by atoms with Gasteiger partial charge in [-0.05, 0) is 42.3 Å². The van der Waals surface area contributed by atoms with E-state index in [0.29, 0.717) is 5.02 Å². The van der Waals surface area contributed by atoms with Gasteiger partial charge >= 0.3 is 0 Å². The van der Waals surface area contributed by atoms with Gasteiger partial charge in [0, 0.05) is 23.5 Å². The standard InChI is InChI=1S/C15H16ClFN2/c1-2-19-15(8-11-4-3-7-18-10-11)13-6-5-12(17)9-14(13)16/h3-7,9-10,15,19H,2,8H2,1H3. The SMILES string of the molecule is CCNC(Cc1cccnc1)c1ccc(F)cc1Cl. The summed E-state index contributed by atoms with van der Waals surface area (Å²) in [4.78, 5) is 4.11. The van der Waals surface area contributed by atoms with Crippen LogP contribution in [0.5, 0.6) is 0 Å². The molecule has 0 saturated carbocycles. The number of aromatic nitrogens is 1. The topological polar surface area (TPSA) is 24.9 Å². The number of benzene rings is 1. The molecule has 1 heterocycles. The maximum Gasteiger partial charge on any atom is 0.124 e. The minimum absolute atomic E-state index is 0.0577. The molecule has 1 unspecified atom stereocenters. The van der Waals surface area contributed by atoms with E-state index in [4.69, 9.17) is 11.6 Å². The zero-order chi connectivity index (χ0) is 13.7. The fourth-order valence-corrected chi connectivity index (χ4v) is 2.38. The molecular formula is C15H16ClFN2. The molecular weight excluding hydrogens is 263 g/mol. The molecule has 4 heteroatoms. The van der Waals surface area contributed by atoms with Crippen molar-refractivity contribution in [3.63, 3.8) is 0 Å². The van der Waals surface area contributed by atoms with Crippen molar-refractivity contribution in [3.8, 4) is 0 Å². The van der Waals surface area contributed by atoms with E-state index in [1.165, 1.54) is 12.1 Å². The maximum atomic E-state index is 13.1. The number of nitrogens with one attached hydrogen (secondary N) is 1. The van der Waals surface area contributed by atoms with Crippen LogP contribution in [0.1, 0.15) is 24.1 Å². The van der Waals surface area contributed by atoms with E-state index in [9.17, 15) is 4.39 Å². The zero-order valence-corrected chi connectivity index (χ0v) is 11.5. The predicted molar refractivity (Wildman–Crippen MR) is 75.8 cm³/mol. The van der Waals surface area contributed by atoms with E-state index in [-0.39, 0.29) is 11.9 Å². The van der Waals surface area contributed by atoms with Gasteiger partial charge in [0.25, 0.3) is 0 Å². The van der Waals surface area contributed by atoms with Crippen LogP contribution >= 0.6 is 11.6 Å². The van der Waals surface area contributed by atoms with Crippen LogP contribution < -0.4 is 5.32 Å². The lowest BCUT2D eigenvalue weighted by atomic mass is 9.99. The molecule has 0 fully saturated rings. The third-order valence-electron chi connectivity index (χ3n) is 2.95. The molecule has 1 aromatic carbocycles. The summed E-state index contributed by atoms with van der Waals surface area (Å²) in [7, 11) is 0. The van der Waals surface area contributed by atoms with E-state index in [1.54, 1.807) is 12.3 Å². The number of halogens is 2. The Kier molecular flexibility index (Phi) is 4.88. The number of hydrogen-bond acceptors (Lipinski definition) is 2. The smallest absolute Gasteiger partial charge is 0.124 e. The van der Waals surface area contributed by atoms with Crippen molar-refractivity contribution < 1.29 is 4.39 Å². The number of rotatable bonds is 5. The molecule has 0 spiro atoms. The Morgan fingerprint density at radius 2 is 2.21 bits per heavy atom. The van der Waals surface area contributed by atoms with Crippen LogP contribution in [0.15, 0.2) is 42.7 Å². The van der Waals surface area contributed by atoms with Crippen LogP contribution in [0.4, 0.5) is 4.39 Å². The predicted octanol–water partition coefficient (Wildman–Crippen LogP) is 3.77. The number of pyridine rings is 1. The molecule has 0 aliphatic heterocycles. The van der Waals surface area contributed by atoms with Gasteiger partial charge in [0.2, 0.25) is 0 Å². The average molecular weight is 279 g/mol. The quantitative estimate of drug-likeness (QED) is 0.901. The van der Waals surface area contributed by atoms with Crippen LogP contribution in [0, 0.1) is 5.82 Å². The van der Waals surface area contributed by atoms with E-state index in [2.05, 4.69) is 10.3 Å². The molecule has 2 nitrogen and oxygen atoms in total. The van der Waals surface area contributed by atoms with E-state index < -0.39 is 0 Å². The molecule has 0 aliphatic carbocycles. The first-order valence-corrected chi connectivity index (χ1v) is 6.65. The molecule has 0 aliphatic rings. The van der Waals surface area contributed by atoms with Crippen molar-refractivity contribution in [2.75, 3.05) is 6.54 Å². The molecule has 100 valence electrons. The van der Waals surface area contributed by atoms with Crippen LogP contribution in [0.2, 0.25) is 5.02 Å². The average Bonchev–Trinajstić information content (AvgIpc) is 2.39. The van der Waals surface area contributed by atoms with Gasteiger partial charge in [0.15, 0.2) is 0 Å². The van der Waals surface area contributed by atoms with E-state index in [1.807, 2.05) is 25.3 Å². The molecule has 0 bridgehead atoms. The molecule has 1 aromatic heterocycles. The van der Waals surface area contributed by atoms with Crippen molar-refractivity contribution in [2.45, 2.75) is 19.4 Å². The Morgan fingerprint density at radius 3 is 2.84 bits per heavy atom. The van der Waals surface area contributed by atoms with Crippen molar-refractivity contribution in [1.82, 2.24) is 10.3 Å². The number of hydrogen-bond donors (Lipinski definition) is 1. The highest BCUT2D eigenvalue weighted by Gasteiger charge is 2.15. The van der Waals surface area contributed by atoms with Crippen molar-refractivity contribution in [1.29, 1.82) is 0 Å². The third kappa shape index (κ3) is 3.75. The second-order valence-corrected chi connectivity index (χ2v) is 4.75. The van der Waals surface area contributed by atoms with E-state index in [0.717, 1.165) is 24.1 Å². The highest BCUT2D eigenvalue weighted by Crippen LogP contribution is 2.26. The molecule has 19 heavy (non-hydrogen) atoms. The highest BCUT2D eigenvalue weighted by molar-refractivity contribution is 6.31. The summed E-state index contributed by atoms with van der Waals surface area (Å²) in [6.45, 7) is 2.85. The molecule has 2 rings (SSSR count). The van der Waals surface area contributed by atoms with Gasteiger partial charge in [0.1, 0.15) is 5.82 Å². The minimum atomic E-state index is -0.314. The largest absolute Gasteiger partial charge is 0.310 e. The first kappa shape index (κ1) is 14.0. The summed E-state index contributed by atoms with van der Waals surface area (Å²) in [5.74, 6) is -0.314. The summed E-state index contributed by atoms with van der Waals surface area (Å²) < 4.78 is 13.1. The molecule has 0 radical (unpaired) electrons. The molecule has 0 amide bonds. The lowest BCUT2D eigenvalue weighted by molar-refractivity contribution is 0.547. The zero-order valence-electron chi connectivity index (χ0n) is 10.7. The first-order chi connectivity index (χ1) is 9.20. The first-order valence-electron chi connectivity index (χ1n) is 6.28. The fraction of sp³-hybridized carbons (Fsp3) is 0.267. The normalized spacial score (nSPS) is 12.4. The van der Waals surface area contributed by atoms with Crippen LogP contribution in [0.25, 0.3) is 0 Å². The lowest BCUT2D eigenvalue weighted by Gasteiger charge is -2.19. The van der Waals surface area contributed by atoms with Gasteiger partial charge in [-0.2, -0.15) is 0 Å². The van der Waals surface area contributed by atoms with Crippen molar-refractivity contribution in [3.05, 3.63) is 64.7 Å². The fourth-order valence-electron chi connectivity index (χ4n) is 2.08. The summed E-state index contributed by atoms with van der Waals surface area (Å²) in [6.07, 6.45) is 4.35. The van der Waals surface area contributed by atoms with Gasteiger partial charge in [-0.3, -0.25) is 4.98 Å². The van der Waals surface area contributed by atoms with Crippen molar-refractivity contribution in [2.24, 2.45) is 0 Å². The van der Waals surface area contributed by atoms with Crippen LogP contribution in [-0.4, -0.2) is 11.5 Å². The molecule has 0 saturated heterocycles. The summed E-state index contributed by atoms with van der Waals surface area (Å²) in [5.41, 5.74) is 2.03. The maximum absolute atomic E-state index is 13.1. The van der Waals surface area contributed by atoms with E-state index >= 15 is 0 Å². The van der Waals surface area contributed by atoms with Crippen LogP contribution in [0.3, 0.4) is 0 Å². The Labute approximate surface area is 117 Å². The van der Waals surface area contributed by atoms with Crippen LogP contribution in [-0.2, 0) is 6.42 Å². The molecule has 1 N–H and O–H groups in total. The van der Waals surface area contributed by atoms with Gasteiger partial charge in [-0.1, -0.05) is 30.7 Å². The summed E-state index contributed by atoms with van der Waals surface area (Å²) >= 11 is 6.13. The Bertz CT molecular complexity index is 531. The van der Waals surface area contributed by atoms with Gasteiger partial charge in [0.05, 0.1) is 0 Å². The number of likely N-dealkylation sites (N-methyl/N-ethyl adjacent to an activating group) is 1. The van der Waals surface area contributed by atoms with Gasteiger partial charge in [-0.25, -0.2) is 4.39 Å². The summed E-state index contributed by atoms with van der Waals surface area (Å²) in [5, 5.41) is 3.83. The van der Waals surface area contributed by atoms with Crippen molar-refractivity contribution >= 4 is 11.6 Å². The van der Waals surface area contributed by atoms with Gasteiger partial charge < -0.3 is 5.32 Å². The second kappa shape index (κ2) is 6.64.